The average Bonchev–Trinajstić information content (AvgIpc) is 3.22. The molecule has 118 valence electrons. The molecule has 2 amide bonds. The Bertz CT molecular complexity index is 758. The predicted molar refractivity (Wildman–Crippen MR) is 80.8 cm³/mol. The Morgan fingerprint density at radius 1 is 1.39 bits per heavy atom. The Hall–Kier alpha value is -2.70. The van der Waals surface area contributed by atoms with Crippen LogP contribution >= 0.6 is 0 Å². The van der Waals surface area contributed by atoms with Crippen molar-refractivity contribution in [1.29, 1.82) is 0 Å². The van der Waals surface area contributed by atoms with Crippen LogP contribution in [0.2, 0.25) is 0 Å². The van der Waals surface area contributed by atoms with Crippen LogP contribution < -0.4 is 4.90 Å². The van der Waals surface area contributed by atoms with E-state index >= 15 is 0 Å². The summed E-state index contributed by atoms with van der Waals surface area (Å²) in [5.41, 5.74) is 1.09. The van der Waals surface area contributed by atoms with Gasteiger partial charge >= 0.3 is 0 Å². The monoisotopic (exact) mass is 312 g/mol. The third kappa shape index (κ3) is 2.19. The van der Waals surface area contributed by atoms with E-state index in [1.807, 2.05) is 12.1 Å². The molecule has 0 radical (unpaired) electrons. The normalized spacial score (nSPS) is 23.4. The Balaban J connectivity index is 1.60. The molecular formula is C16H16N4O3. The minimum absolute atomic E-state index is 0.00338. The van der Waals surface area contributed by atoms with Gasteiger partial charge in [0.2, 0.25) is 5.91 Å². The summed E-state index contributed by atoms with van der Waals surface area (Å²) in [5.74, 6) is 0.459. The molecule has 2 fully saturated rings. The second-order valence-corrected chi connectivity index (χ2v) is 5.92. The van der Waals surface area contributed by atoms with Crippen LogP contribution in [0.25, 0.3) is 0 Å². The maximum Gasteiger partial charge on any atom is 0.276 e. The molecule has 2 saturated heterocycles. The first kappa shape index (κ1) is 13.9. The van der Waals surface area contributed by atoms with Crippen LogP contribution in [0, 0.1) is 6.92 Å². The summed E-state index contributed by atoms with van der Waals surface area (Å²) in [6.07, 6.45) is 4.46. The van der Waals surface area contributed by atoms with Crippen molar-refractivity contribution in [3.63, 3.8) is 0 Å². The molecule has 2 atom stereocenters. The number of anilines is 1. The first-order valence-corrected chi connectivity index (χ1v) is 7.61. The summed E-state index contributed by atoms with van der Waals surface area (Å²) in [6.45, 7) is 2.36. The Morgan fingerprint density at radius 3 is 2.96 bits per heavy atom. The maximum atomic E-state index is 12.6. The van der Waals surface area contributed by atoms with Gasteiger partial charge < -0.3 is 14.3 Å². The standard InChI is InChI=1S/C16H16N4O3/c1-10-7-12(18-23-10)16(22)19-6-4-13-14(19)8-15(21)20(13)11-3-2-5-17-9-11/h2-3,5,7,9,13-14H,4,6,8H2,1H3/t13-,14+/m1/s1. The van der Waals surface area contributed by atoms with Gasteiger partial charge in [-0.3, -0.25) is 14.6 Å². The van der Waals surface area contributed by atoms with E-state index in [1.54, 1.807) is 35.2 Å². The van der Waals surface area contributed by atoms with E-state index < -0.39 is 0 Å². The molecule has 0 aliphatic carbocycles. The molecule has 0 N–H and O–H groups in total. The number of nitrogens with zero attached hydrogens (tertiary/aromatic N) is 4. The molecule has 23 heavy (non-hydrogen) atoms. The average molecular weight is 312 g/mol. The van der Waals surface area contributed by atoms with Crippen molar-refractivity contribution in [1.82, 2.24) is 15.0 Å². The number of carbonyl (C=O) groups is 2. The van der Waals surface area contributed by atoms with Crippen molar-refractivity contribution < 1.29 is 14.1 Å². The zero-order chi connectivity index (χ0) is 16.0. The van der Waals surface area contributed by atoms with Gasteiger partial charge in [0.1, 0.15) is 5.76 Å². The first-order chi connectivity index (χ1) is 11.1. The van der Waals surface area contributed by atoms with Gasteiger partial charge in [-0.1, -0.05) is 5.16 Å². The number of carbonyl (C=O) groups excluding carboxylic acids is 2. The van der Waals surface area contributed by atoms with Gasteiger partial charge in [-0.2, -0.15) is 0 Å². The van der Waals surface area contributed by atoms with Gasteiger partial charge in [0.15, 0.2) is 5.69 Å². The Morgan fingerprint density at radius 2 is 2.26 bits per heavy atom. The smallest absolute Gasteiger partial charge is 0.276 e. The predicted octanol–water partition coefficient (Wildman–Crippen LogP) is 1.40. The molecule has 2 aliphatic rings. The highest BCUT2D eigenvalue weighted by molar-refractivity contribution is 5.99. The number of amides is 2. The van der Waals surface area contributed by atoms with Gasteiger partial charge in [0, 0.05) is 25.2 Å². The van der Waals surface area contributed by atoms with Crippen molar-refractivity contribution in [3.05, 3.63) is 42.0 Å². The molecule has 2 aromatic heterocycles. The largest absolute Gasteiger partial charge is 0.361 e. The summed E-state index contributed by atoms with van der Waals surface area (Å²) in [5, 5.41) is 3.80. The lowest BCUT2D eigenvalue weighted by Crippen LogP contribution is -2.40. The van der Waals surface area contributed by atoms with Crippen LogP contribution in [-0.2, 0) is 4.79 Å². The lowest BCUT2D eigenvalue weighted by Gasteiger charge is -2.24. The second-order valence-electron chi connectivity index (χ2n) is 5.92. The highest BCUT2D eigenvalue weighted by atomic mass is 16.5. The van der Waals surface area contributed by atoms with Crippen LogP contribution in [-0.4, -0.2) is 45.5 Å². The summed E-state index contributed by atoms with van der Waals surface area (Å²) in [6, 6.07) is 5.20. The fraction of sp³-hybridized carbons (Fsp3) is 0.375. The lowest BCUT2D eigenvalue weighted by atomic mass is 10.1. The quantitative estimate of drug-likeness (QED) is 0.837. The van der Waals surface area contributed by atoms with Crippen molar-refractivity contribution in [3.8, 4) is 0 Å². The number of hydrogen-bond donors (Lipinski definition) is 0. The summed E-state index contributed by atoms with van der Waals surface area (Å²) in [4.78, 5) is 32.6. The molecule has 0 aromatic carbocycles. The van der Waals surface area contributed by atoms with Crippen molar-refractivity contribution in [2.45, 2.75) is 31.8 Å². The highest BCUT2D eigenvalue weighted by Crippen LogP contribution is 2.36. The van der Waals surface area contributed by atoms with Gasteiger partial charge in [-0.05, 0) is 25.5 Å². The zero-order valence-corrected chi connectivity index (χ0v) is 12.7. The fourth-order valence-electron chi connectivity index (χ4n) is 3.55. The third-order valence-corrected chi connectivity index (χ3v) is 4.53. The minimum Gasteiger partial charge on any atom is -0.361 e. The molecule has 2 aromatic rings. The number of aryl methyl sites for hydroxylation is 1. The van der Waals surface area contributed by atoms with E-state index in [1.165, 1.54) is 0 Å². The van der Waals surface area contributed by atoms with E-state index in [0.717, 1.165) is 12.1 Å². The van der Waals surface area contributed by atoms with Crippen LogP contribution in [0.3, 0.4) is 0 Å². The second kappa shape index (κ2) is 5.19. The molecule has 4 heterocycles. The summed E-state index contributed by atoms with van der Waals surface area (Å²) in [7, 11) is 0. The maximum absolute atomic E-state index is 12.6. The van der Waals surface area contributed by atoms with Gasteiger partial charge in [-0.15, -0.1) is 0 Å². The first-order valence-electron chi connectivity index (χ1n) is 7.61. The van der Waals surface area contributed by atoms with E-state index in [0.29, 0.717) is 24.4 Å². The molecule has 4 rings (SSSR count). The van der Waals surface area contributed by atoms with E-state index in [4.69, 9.17) is 4.52 Å². The van der Waals surface area contributed by atoms with E-state index in [2.05, 4.69) is 10.1 Å². The molecular weight excluding hydrogens is 296 g/mol. The number of rotatable bonds is 2. The highest BCUT2D eigenvalue weighted by Gasteiger charge is 2.49. The number of hydrogen-bond acceptors (Lipinski definition) is 5. The Kier molecular flexibility index (Phi) is 3.14. The van der Waals surface area contributed by atoms with Gasteiger partial charge in [0.05, 0.1) is 24.0 Å². The zero-order valence-electron chi connectivity index (χ0n) is 12.7. The third-order valence-electron chi connectivity index (χ3n) is 4.53. The van der Waals surface area contributed by atoms with Crippen LogP contribution in [0.1, 0.15) is 29.1 Å². The van der Waals surface area contributed by atoms with E-state index in [9.17, 15) is 9.59 Å². The Labute approximate surface area is 132 Å². The molecule has 0 spiro atoms. The molecule has 7 nitrogen and oxygen atoms in total. The van der Waals surface area contributed by atoms with Gasteiger partial charge in [-0.25, -0.2) is 0 Å². The molecule has 0 bridgehead atoms. The molecule has 2 aliphatic heterocycles. The van der Waals surface area contributed by atoms with Crippen molar-refractivity contribution in [2.24, 2.45) is 0 Å². The van der Waals surface area contributed by atoms with E-state index in [-0.39, 0.29) is 23.9 Å². The number of likely N-dealkylation sites (tertiary alicyclic amines) is 1. The number of fused-ring (bicyclic) bond motifs is 1. The minimum atomic E-state index is -0.171. The van der Waals surface area contributed by atoms with Crippen LogP contribution in [0.15, 0.2) is 35.1 Å². The van der Waals surface area contributed by atoms with Gasteiger partial charge in [0.25, 0.3) is 5.91 Å². The topological polar surface area (TPSA) is 79.5 Å². The molecule has 0 unspecified atom stereocenters. The van der Waals surface area contributed by atoms with Crippen LogP contribution in [0.5, 0.6) is 0 Å². The fourth-order valence-corrected chi connectivity index (χ4v) is 3.55. The number of aromatic nitrogens is 2. The molecule has 7 heteroatoms. The SMILES string of the molecule is Cc1cc(C(=O)N2CC[C@@H]3[C@@H]2CC(=O)N3c2cccnc2)no1. The number of pyridine rings is 1. The molecule has 0 saturated carbocycles. The summed E-state index contributed by atoms with van der Waals surface area (Å²) >= 11 is 0. The van der Waals surface area contributed by atoms with Crippen LogP contribution in [0.4, 0.5) is 5.69 Å². The lowest BCUT2D eigenvalue weighted by molar-refractivity contribution is -0.117. The van der Waals surface area contributed by atoms with Crippen molar-refractivity contribution >= 4 is 17.5 Å². The van der Waals surface area contributed by atoms with Crippen molar-refractivity contribution in [2.75, 3.05) is 11.4 Å². The summed E-state index contributed by atoms with van der Waals surface area (Å²) < 4.78 is 4.98.